The monoisotopic (exact) mass is 589 g/mol. The van der Waals surface area contributed by atoms with Gasteiger partial charge in [0, 0.05) is 25.6 Å². The zero-order valence-electron chi connectivity index (χ0n) is 23.3. The van der Waals surface area contributed by atoms with Crippen LogP contribution in [0.3, 0.4) is 0 Å². The number of carbonyl (C=O) groups is 1. The molecule has 0 unspecified atom stereocenters. The molecule has 4 aromatic rings. The molecule has 9 nitrogen and oxygen atoms in total. The quantitative estimate of drug-likeness (QED) is 0.134. The Morgan fingerprint density at radius 2 is 1.88 bits per heavy atom. The van der Waals surface area contributed by atoms with Gasteiger partial charge in [-0.1, -0.05) is 6.07 Å². The van der Waals surface area contributed by atoms with Gasteiger partial charge >= 0.3 is 5.97 Å². The lowest BCUT2D eigenvalue weighted by atomic mass is 10.1. The number of carboxylic acid groups (broad SMARTS) is 1. The second-order valence-corrected chi connectivity index (χ2v) is 9.21. The molecule has 0 fully saturated rings. The van der Waals surface area contributed by atoms with Crippen LogP contribution in [0.1, 0.15) is 45.4 Å². The third-order valence-corrected chi connectivity index (χ3v) is 6.49. The summed E-state index contributed by atoms with van der Waals surface area (Å²) in [5.41, 5.74) is 1.13. The fourth-order valence-corrected chi connectivity index (χ4v) is 4.29. The molecule has 0 atom stereocenters. The minimum atomic E-state index is -1.10. The lowest BCUT2D eigenvalue weighted by Crippen LogP contribution is -2.11. The first-order valence-electron chi connectivity index (χ1n) is 12.9. The highest BCUT2D eigenvalue weighted by Gasteiger charge is 2.19. The second-order valence-electron chi connectivity index (χ2n) is 9.21. The standard InChI is InChI=1S/C31H26F3N5O4/c1-4-29(43-17-20-6-5-18(16-35)11-23(20)32)38-30(36-2)22-15-24(33)21(12-25(22)34)14-28-37-26-8-7-19(31(40)41)13-27(26)39(28)9-10-42-3/h4-8,11-13,15H,2,9-10,14,17H2,1,3H3,(H,40,41)/b29-4+,38-30-. The fraction of sp³-hybridized carbons (Fsp3) is 0.194. The van der Waals surface area contributed by atoms with Crippen molar-refractivity contribution in [2.24, 2.45) is 9.98 Å². The van der Waals surface area contributed by atoms with Crippen molar-refractivity contribution in [3.05, 3.63) is 112 Å². The first kappa shape index (κ1) is 30.7. The zero-order chi connectivity index (χ0) is 31.1. The van der Waals surface area contributed by atoms with E-state index in [4.69, 9.17) is 14.7 Å². The van der Waals surface area contributed by atoms with E-state index in [9.17, 15) is 14.3 Å². The zero-order valence-corrected chi connectivity index (χ0v) is 23.3. The van der Waals surface area contributed by atoms with E-state index in [2.05, 4.69) is 21.7 Å². The highest BCUT2D eigenvalue weighted by atomic mass is 19.1. The minimum absolute atomic E-state index is 0.00380. The van der Waals surface area contributed by atoms with Crippen molar-refractivity contribution in [2.75, 3.05) is 13.7 Å². The predicted molar refractivity (Wildman–Crippen MR) is 153 cm³/mol. The topological polar surface area (TPSA) is 122 Å². The number of nitrogens with zero attached hydrogens (tertiary/aromatic N) is 5. The lowest BCUT2D eigenvalue weighted by molar-refractivity contribution is 0.0697. The number of aromatic carboxylic acids is 1. The van der Waals surface area contributed by atoms with Gasteiger partial charge in [-0.15, -0.1) is 0 Å². The number of methoxy groups -OCH3 is 1. The van der Waals surface area contributed by atoms with Crippen LogP contribution < -0.4 is 0 Å². The normalized spacial score (nSPS) is 11.9. The smallest absolute Gasteiger partial charge is 0.335 e. The lowest BCUT2D eigenvalue weighted by Gasteiger charge is -2.12. The number of aromatic nitrogens is 2. The summed E-state index contributed by atoms with van der Waals surface area (Å²) in [6.45, 7) is 5.35. The van der Waals surface area contributed by atoms with Crippen LogP contribution in [0.5, 0.6) is 0 Å². The molecule has 1 N–H and O–H groups in total. The molecule has 0 spiro atoms. The van der Waals surface area contributed by atoms with Gasteiger partial charge < -0.3 is 19.1 Å². The Labute approximate surface area is 244 Å². The Kier molecular flexibility index (Phi) is 9.69. The van der Waals surface area contributed by atoms with E-state index in [-0.39, 0.29) is 59.2 Å². The molecular formula is C31H26F3N5O4. The number of amidine groups is 1. The number of rotatable bonds is 11. The van der Waals surface area contributed by atoms with Gasteiger partial charge in [-0.2, -0.15) is 10.3 Å². The number of benzene rings is 3. The molecular weight excluding hydrogens is 563 g/mol. The summed E-state index contributed by atoms with van der Waals surface area (Å²) in [5, 5.41) is 18.3. The molecule has 1 aromatic heterocycles. The van der Waals surface area contributed by atoms with Crippen LogP contribution >= 0.6 is 0 Å². The van der Waals surface area contributed by atoms with Gasteiger partial charge in [0.1, 0.15) is 29.9 Å². The molecule has 0 amide bonds. The summed E-state index contributed by atoms with van der Waals surface area (Å²) < 4.78 is 57.4. The van der Waals surface area contributed by atoms with E-state index < -0.39 is 23.4 Å². The molecule has 0 aliphatic rings. The Balaban J connectivity index is 1.61. The second kappa shape index (κ2) is 13.6. The molecule has 12 heteroatoms. The van der Waals surface area contributed by atoms with E-state index >= 15 is 8.78 Å². The number of allylic oxidation sites excluding steroid dienone is 1. The van der Waals surface area contributed by atoms with E-state index in [1.54, 1.807) is 17.6 Å². The Bertz CT molecular complexity index is 1810. The number of nitriles is 1. The molecule has 0 aliphatic heterocycles. The van der Waals surface area contributed by atoms with Gasteiger partial charge in [0.05, 0.1) is 40.4 Å². The average molecular weight is 590 g/mol. The summed E-state index contributed by atoms with van der Waals surface area (Å²) in [4.78, 5) is 23.9. The summed E-state index contributed by atoms with van der Waals surface area (Å²) in [7, 11) is 1.51. The molecule has 0 aliphatic carbocycles. The molecule has 0 saturated carbocycles. The van der Waals surface area contributed by atoms with E-state index in [0.717, 1.165) is 18.2 Å². The SMILES string of the molecule is C=N/C(=N\C(=C/C)OCc1ccc(C#N)cc1F)c1cc(F)c(Cc2nc3ccc(C(=O)O)cc3n2CCOC)cc1F. The Hall–Kier alpha value is -5.28. The van der Waals surface area contributed by atoms with Gasteiger partial charge in [0.15, 0.2) is 5.84 Å². The van der Waals surface area contributed by atoms with Crippen LogP contribution in [-0.4, -0.2) is 46.9 Å². The summed E-state index contributed by atoms with van der Waals surface area (Å²) >= 11 is 0. The number of hydrogen-bond donors (Lipinski definition) is 1. The van der Waals surface area contributed by atoms with Crippen LogP contribution in [0.2, 0.25) is 0 Å². The third kappa shape index (κ3) is 6.97. The molecule has 1 heterocycles. The first-order valence-corrected chi connectivity index (χ1v) is 12.9. The Morgan fingerprint density at radius 1 is 1.12 bits per heavy atom. The molecule has 4 rings (SSSR count). The summed E-state index contributed by atoms with van der Waals surface area (Å²) in [6.07, 6.45) is 1.34. The number of carboxylic acids is 1. The molecule has 43 heavy (non-hydrogen) atoms. The van der Waals surface area contributed by atoms with Gasteiger partial charge in [0.2, 0.25) is 5.88 Å². The van der Waals surface area contributed by atoms with Crippen molar-refractivity contribution in [1.29, 1.82) is 5.26 Å². The third-order valence-electron chi connectivity index (χ3n) is 6.49. The van der Waals surface area contributed by atoms with Crippen molar-refractivity contribution in [2.45, 2.75) is 26.5 Å². The molecule has 0 radical (unpaired) electrons. The predicted octanol–water partition coefficient (Wildman–Crippen LogP) is 5.79. The van der Waals surface area contributed by atoms with Crippen molar-refractivity contribution in [1.82, 2.24) is 9.55 Å². The van der Waals surface area contributed by atoms with Crippen molar-refractivity contribution < 1.29 is 32.5 Å². The number of imidazole rings is 1. The number of ether oxygens (including phenoxy) is 2. The van der Waals surface area contributed by atoms with Gasteiger partial charge in [-0.05, 0) is 67.7 Å². The number of halogens is 3. The molecule has 220 valence electrons. The summed E-state index contributed by atoms with van der Waals surface area (Å²) in [5.74, 6) is -3.24. The summed E-state index contributed by atoms with van der Waals surface area (Å²) in [6, 6.07) is 12.2. The minimum Gasteiger partial charge on any atom is -0.478 e. The first-order chi connectivity index (χ1) is 20.7. The highest BCUT2D eigenvalue weighted by Crippen LogP contribution is 2.24. The van der Waals surface area contributed by atoms with Crippen molar-refractivity contribution in [3.8, 4) is 6.07 Å². The van der Waals surface area contributed by atoms with E-state index in [1.165, 1.54) is 37.5 Å². The molecule has 0 saturated heterocycles. The van der Waals surface area contributed by atoms with Crippen LogP contribution in [-0.2, 0) is 29.0 Å². The number of hydrogen-bond acceptors (Lipinski definition) is 6. The van der Waals surface area contributed by atoms with Gasteiger partial charge in [0.25, 0.3) is 0 Å². The highest BCUT2D eigenvalue weighted by molar-refractivity contribution is 6.02. The van der Waals surface area contributed by atoms with Crippen LogP contribution in [0.25, 0.3) is 11.0 Å². The maximum Gasteiger partial charge on any atom is 0.335 e. The Morgan fingerprint density at radius 3 is 2.53 bits per heavy atom. The van der Waals surface area contributed by atoms with Crippen molar-refractivity contribution in [3.63, 3.8) is 0 Å². The van der Waals surface area contributed by atoms with Gasteiger partial charge in [-0.25, -0.2) is 27.9 Å². The molecule has 0 bridgehead atoms. The van der Waals surface area contributed by atoms with Crippen LogP contribution in [0.15, 0.2) is 70.5 Å². The van der Waals surface area contributed by atoms with Gasteiger partial charge in [-0.3, -0.25) is 0 Å². The van der Waals surface area contributed by atoms with Crippen LogP contribution in [0.4, 0.5) is 13.2 Å². The maximum atomic E-state index is 15.4. The largest absolute Gasteiger partial charge is 0.478 e. The average Bonchev–Trinajstić information content (AvgIpc) is 3.34. The number of aliphatic imine (C=N–C) groups is 2. The van der Waals surface area contributed by atoms with Crippen molar-refractivity contribution >= 4 is 29.6 Å². The molecule has 3 aromatic carbocycles. The number of fused-ring (bicyclic) bond motifs is 1. The fourth-order valence-electron chi connectivity index (χ4n) is 4.29. The van der Waals surface area contributed by atoms with E-state index in [1.807, 2.05) is 6.07 Å². The maximum absolute atomic E-state index is 15.4. The van der Waals surface area contributed by atoms with E-state index in [0.29, 0.717) is 23.4 Å². The van der Waals surface area contributed by atoms with Crippen LogP contribution in [0, 0.1) is 28.8 Å².